The van der Waals surface area contributed by atoms with Crippen LogP contribution in [0.3, 0.4) is 0 Å². The van der Waals surface area contributed by atoms with Crippen LogP contribution in [-0.2, 0) is 0 Å². The highest BCUT2D eigenvalue weighted by atomic mass is 16.6. The van der Waals surface area contributed by atoms with Crippen molar-refractivity contribution >= 4 is 11.5 Å². The van der Waals surface area contributed by atoms with E-state index in [-0.39, 0.29) is 10.6 Å². The number of nitro groups is 1. The molecule has 0 spiro atoms. The van der Waals surface area contributed by atoms with Gasteiger partial charge in [0.2, 0.25) is 5.82 Å². The summed E-state index contributed by atoms with van der Waals surface area (Å²) in [5.41, 5.74) is 0.105. The number of nitrogens with zero attached hydrogens (tertiary/aromatic N) is 5. The Balaban J connectivity index is 1.57. The van der Waals surface area contributed by atoms with E-state index < -0.39 is 0 Å². The molecule has 0 saturated carbocycles. The molecule has 0 aliphatic carbocycles. The SMILES string of the molecule is CN1CCCC[C@@H]1CN1CCN(c2ncccc2[N+](=O)[O-])CC1. The fraction of sp³-hybridized carbons (Fsp3) is 0.688. The van der Waals surface area contributed by atoms with Gasteiger partial charge in [-0.3, -0.25) is 15.0 Å². The van der Waals surface area contributed by atoms with Crippen molar-refractivity contribution in [1.82, 2.24) is 14.8 Å². The van der Waals surface area contributed by atoms with Gasteiger partial charge in [0, 0.05) is 51.0 Å². The third kappa shape index (κ3) is 3.79. The predicted molar refractivity (Wildman–Crippen MR) is 89.8 cm³/mol. The van der Waals surface area contributed by atoms with Crippen LogP contribution in [0, 0.1) is 10.1 Å². The molecule has 1 atom stereocenters. The van der Waals surface area contributed by atoms with E-state index in [0.29, 0.717) is 11.9 Å². The normalized spacial score (nSPS) is 23.9. The molecule has 0 radical (unpaired) electrons. The molecular weight excluding hydrogens is 294 g/mol. The van der Waals surface area contributed by atoms with Gasteiger partial charge >= 0.3 is 5.69 Å². The molecule has 0 unspecified atom stereocenters. The zero-order valence-electron chi connectivity index (χ0n) is 13.7. The van der Waals surface area contributed by atoms with Gasteiger partial charge in [-0.05, 0) is 32.5 Å². The molecule has 3 rings (SSSR count). The molecule has 0 aromatic carbocycles. The van der Waals surface area contributed by atoms with Crippen LogP contribution in [0.1, 0.15) is 19.3 Å². The second-order valence-corrected chi connectivity index (χ2v) is 6.52. The van der Waals surface area contributed by atoms with Gasteiger partial charge < -0.3 is 9.80 Å². The molecule has 2 aliphatic rings. The first-order valence-corrected chi connectivity index (χ1v) is 8.42. The number of hydrogen-bond donors (Lipinski definition) is 0. The Hall–Kier alpha value is -1.73. The fourth-order valence-electron chi connectivity index (χ4n) is 3.59. The molecular formula is C16H25N5O2. The molecule has 1 aromatic rings. The van der Waals surface area contributed by atoms with Crippen molar-refractivity contribution in [2.24, 2.45) is 0 Å². The van der Waals surface area contributed by atoms with Crippen LogP contribution in [0.2, 0.25) is 0 Å². The van der Waals surface area contributed by atoms with Crippen molar-refractivity contribution in [1.29, 1.82) is 0 Å². The van der Waals surface area contributed by atoms with Gasteiger partial charge in [0.1, 0.15) is 0 Å². The van der Waals surface area contributed by atoms with Crippen LogP contribution in [0.15, 0.2) is 18.3 Å². The van der Waals surface area contributed by atoms with E-state index in [1.54, 1.807) is 12.3 Å². The molecule has 2 aliphatic heterocycles. The van der Waals surface area contributed by atoms with Crippen LogP contribution < -0.4 is 4.90 Å². The summed E-state index contributed by atoms with van der Waals surface area (Å²) < 4.78 is 0. The second-order valence-electron chi connectivity index (χ2n) is 6.52. The summed E-state index contributed by atoms with van der Waals surface area (Å²) in [7, 11) is 2.22. The van der Waals surface area contributed by atoms with Crippen LogP contribution in [-0.4, -0.2) is 72.1 Å². The highest BCUT2D eigenvalue weighted by Gasteiger charge is 2.27. The van der Waals surface area contributed by atoms with E-state index in [1.807, 2.05) is 4.90 Å². The standard InChI is InChI=1S/C16H25N5O2/c1-18-8-3-2-5-14(18)13-19-9-11-20(12-10-19)16-15(21(22)23)6-4-7-17-16/h4,6-7,14H,2-3,5,8-13H2,1H3/t14-/m1/s1. The van der Waals surface area contributed by atoms with Crippen molar-refractivity contribution in [2.75, 3.05) is 51.2 Å². The van der Waals surface area contributed by atoms with E-state index in [2.05, 4.69) is 21.8 Å². The maximum atomic E-state index is 11.2. The average molecular weight is 319 g/mol. The van der Waals surface area contributed by atoms with Crippen molar-refractivity contribution < 1.29 is 4.92 Å². The Labute approximate surface area is 137 Å². The number of rotatable bonds is 4. The fourth-order valence-corrected chi connectivity index (χ4v) is 3.59. The summed E-state index contributed by atoms with van der Waals surface area (Å²) >= 11 is 0. The molecule has 23 heavy (non-hydrogen) atoms. The zero-order valence-corrected chi connectivity index (χ0v) is 13.7. The highest BCUT2D eigenvalue weighted by Crippen LogP contribution is 2.26. The number of likely N-dealkylation sites (N-methyl/N-ethyl adjacent to an activating group) is 1. The lowest BCUT2D eigenvalue weighted by Gasteiger charge is -2.40. The summed E-state index contributed by atoms with van der Waals surface area (Å²) in [5.74, 6) is 0.506. The van der Waals surface area contributed by atoms with Gasteiger partial charge in [-0.2, -0.15) is 0 Å². The number of anilines is 1. The van der Waals surface area contributed by atoms with E-state index in [4.69, 9.17) is 0 Å². The third-order valence-electron chi connectivity index (χ3n) is 5.03. The number of piperidine rings is 1. The van der Waals surface area contributed by atoms with E-state index in [0.717, 1.165) is 32.7 Å². The number of piperazine rings is 1. The molecule has 126 valence electrons. The summed E-state index contributed by atoms with van der Waals surface area (Å²) in [6.07, 6.45) is 5.55. The smallest absolute Gasteiger partial charge is 0.311 e. The minimum atomic E-state index is -0.342. The molecule has 0 bridgehead atoms. The van der Waals surface area contributed by atoms with Gasteiger partial charge in [-0.25, -0.2) is 4.98 Å². The minimum absolute atomic E-state index is 0.105. The highest BCUT2D eigenvalue weighted by molar-refractivity contribution is 5.57. The maximum absolute atomic E-state index is 11.2. The monoisotopic (exact) mass is 319 g/mol. The first kappa shape index (κ1) is 16.1. The molecule has 0 N–H and O–H groups in total. The van der Waals surface area contributed by atoms with Crippen LogP contribution in [0.4, 0.5) is 11.5 Å². The van der Waals surface area contributed by atoms with Gasteiger partial charge in [-0.15, -0.1) is 0 Å². The molecule has 3 heterocycles. The topological polar surface area (TPSA) is 65.8 Å². The third-order valence-corrected chi connectivity index (χ3v) is 5.03. The van der Waals surface area contributed by atoms with E-state index in [1.165, 1.54) is 31.9 Å². The largest absolute Gasteiger partial charge is 0.348 e. The lowest BCUT2D eigenvalue weighted by Crippen LogP contribution is -2.52. The minimum Gasteiger partial charge on any atom is -0.348 e. The first-order chi connectivity index (χ1) is 11.1. The number of hydrogen-bond acceptors (Lipinski definition) is 6. The van der Waals surface area contributed by atoms with E-state index in [9.17, 15) is 10.1 Å². The molecule has 7 heteroatoms. The van der Waals surface area contributed by atoms with Crippen molar-refractivity contribution in [3.8, 4) is 0 Å². The van der Waals surface area contributed by atoms with Crippen LogP contribution in [0.5, 0.6) is 0 Å². The van der Waals surface area contributed by atoms with Gasteiger partial charge in [0.05, 0.1) is 4.92 Å². The first-order valence-electron chi connectivity index (χ1n) is 8.42. The average Bonchev–Trinajstić information content (AvgIpc) is 2.58. The summed E-state index contributed by atoms with van der Waals surface area (Å²) in [6.45, 7) is 5.79. The summed E-state index contributed by atoms with van der Waals surface area (Å²) in [5, 5.41) is 11.2. The Bertz CT molecular complexity index is 545. The van der Waals surface area contributed by atoms with E-state index >= 15 is 0 Å². The predicted octanol–water partition coefficient (Wildman–Crippen LogP) is 1.60. The zero-order chi connectivity index (χ0) is 16.2. The Kier molecular flexibility index (Phi) is 5.07. The number of pyridine rings is 1. The summed E-state index contributed by atoms with van der Waals surface area (Å²) in [4.78, 5) is 22.0. The lowest BCUT2D eigenvalue weighted by molar-refractivity contribution is -0.384. The van der Waals surface area contributed by atoms with Crippen LogP contribution in [0.25, 0.3) is 0 Å². The molecule has 2 fully saturated rings. The Morgan fingerprint density at radius 3 is 2.74 bits per heavy atom. The van der Waals surface area contributed by atoms with Crippen LogP contribution >= 0.6 is 0 Å². The van der Waals surface area contributed by atoms with Gasteiger partial charge in [-0.1, -0.05) is 6.42 Å². The molecule has 7 nitrogen and oxygen atoms in total. The maximum Gasteiger partial charge on any atom is 0.311 e. The molecule has 0 amide bonds. The van der Waals surface area contributed by atoms with Crippen molar-refractivity contribution in [2.45, 2.75) is 25.3 Å². The van der Waals surface area contributed by atoms with Gasteiger partial charge in [0.25, 0.3) is 0 Å². The Morgan fingerprint density at radius 1 is 1.26 bits per heavy atom. The number of likely N-dealkylation sites (tertiary alicyclic amines) is 1. The summed E-state index contributed by atoms with van der Waals surface area (Å²) in [6, 6.07) is 3.81. The van der Waals surface area contributed by atoms with Gasteiger partial charge in [0.15, 0.2) is 0 Å². The van der Waals surface area contributed by atoms with Crippen molar-refractivity contribution in [3.63, 3.8) is 0 Å². The van der Waals surface area contributed by atoms with Crippen molar-refractivity contribution in [3.05, 3.63) is 28.4 Å². The second kappa shape index (κ2) is 7.23. The number of aromatic nitrogens is 1. The molecule has 1 aromatic heterocycles. The Morgan fingerprint density at radius 2 is 2.04 bits per heavy atom. The lowest BCUT2D eigenvalue weighted by atomic mass is 10.0. The molecule has 2 saturated heterocycles. The quantitative estimate of drug-likeness (QED) is 0.620.